The van der Waals surface area contributed by atoms with Crippen LogP contribution in [0, 0.1) is 13.8 Å². The molecule has 8 nitrogen and oxygen atoms in total. The molecule has 3 rings (SSSR count). The summed E-state index contributed by atoms with van der Waals surface area (Å²) in [5.74, 6) is -1.83. The molecule has 0 aromatic heterocycles. The Hall–Kier alpha value is -2.90. The first-order valence-electron chi connectivity index (χ1n) is 9.03. The Balaban J connectivity index is 1.58. The van der Waals surface area contributed by atoms with Gasteiger partial charge in [0.2, 0.25) is 0 Å². The number of carbonyl (C=O) groups excluding carboxylic acids is 4. The molecule has 1 saturated carbocycles. The van der Waals surface area contributed by atoms with Crippen LogP contribution in [0.4, 0.5) is 4.79 Å². The molecule has 1 spiro atoms. The zero-order valence-electron chi connectivity index (χ0n) is 15.5. The maximum absolute atomic E-state index is 12.6. The SMILES string of the molecule is Cc1ccc(C)c(C(=O)OCC(=O)NN2C(=O)NC3(CCCCC3)C2=O)c1. The quantitative estimate of drug-likeness (QED) is 0.618. The fourth-order valence-corrected chi connectivity index (χ4v) is 3.54. The van der Waals surface area contributed by atoms with Crippen molar-refractivity contribution in [3.8, 4) is 0 Å². The lowest BCUT2D eigenvalue weighted by atomic mass is 9.82. The number of aryl methyl sites for hydroxylation is 2. The topological polar surface area (TPSA) is 105 Å². The second-order valence-electron chi connectivity index (χ2n) is 7.14. The molecule has 0 unspecified atom stereocenters. The Bertz CT molecular complexity index is 799. The van der Waals surface area contributed by atoms with Gasteiger partial charge in [-0.1, -0.05) is 37.0 Å². The molecule has 2 N–H and O–H groups in total. The van der Waals surface area contributed by atoms with Gasteiger partial charge >= 0.3 is 12.0 Å². The molecule has 1 aromatic rings. The van der Waals surface area contributed by atoms with Gasteiger partial charge in [0, 0.05) is 0 Å². The van der Waals surface area contributed by atoms with Crippen LogP contribution < -0.4 is 10.7 Å². The van der Waals surface area contributed by atoms with Crippen molar-refractivity contribution in [3.63, 3.8) is 0 Å². The standard InChI is InChI=1S/C19H23N3O5/c1-12-6-7-13(2)14(10-12)16(24)27-11-15(23)21-22-17(25)19(20-18(22)26)8-4-3-5-9-19/h6-7,10H,3-5,8-9,11H2,1-2H3,(H,20,26)(H,21,23). The minimum Gasteiger partial charge on any atom is -0.452 e. The predicted octanol–water partition coefficient (Wildman–Crippen LogP) is 1.75. The Morgan fingerprint density at radius 1 is 1.19 bits per heavy atom. The number of imide groups is 1. The molecule has 0 atom stereocenters. The molecule has 1 aliphatic heterocycles. The van der Waals surface area contributed by atoms with Crippen molar-refractivity contribution < 1.29 is 23.9 Å². The van der Waals surface area contributed by atoms with Gasteiger partial charge in [-0.25, -0.2) is 9.59 Å². The van der Waals surface area contributed by atoms with E-state index < -0.39 is 36.0 Å². The van der Waals surface area contributed by atoms with Crippen LogP contribution in [0.2, 0.25) is 0 Å². The molecule has 2 aliphatic rings. The predicted molar refractivity (Wildman–Crippen MR) is 95.5 cm³/mol. The second-order valence-corrected chi connectivity index (χ2v) is 7.14. The maximum atomic E-state index is 12.6. The van der Waals surface area contributed by atoms with E-state index >= 15 is 0 Å². The van der Waals surface area contributed by atoms with Crippen molar-refractivity contribution >= 4 is 23.8 Å². The highest BCUT2D eigenvalue weighted by Gasteiger charge is 2.52. The summed E-state index contributed by atoms with van der Waals surface area (Å²) >= 11 is 0. The van der Waals surface area contributed by atoms with Crippen LogP contribution in [0.5, 0.6) is 0 Å². The molecule has 1 heterocycles. The average molecular weight is 373 g/mol. The van der Waals surface area contributed by atoms with Crippen LogP contribution in [-0.2, 0) is 14.3 Å². The number of rotatable bonds is 4. The van der Waals surface area contributed by atoms with Crippen molar-refractivity contribution in [2.75, 3.05) is 6.61 Å². The van der Waals surface area contributed by atoms with Gasteiger partial charge in [-0.05, 0) is 38.3 Å². The minimum atomic E-state index is -0.919. The number of nitrogens with zero attached hydrogens (tertiary/aromatic N) is 1. The van der Waals surface area contributed by atoms with Crippen LogP contribution in [-0.4, -0.2) is 41.0 Å². The first-order valence-corrected chi connectivity index (χ1v) is 9.03. The zero-order chi connectivity index (χ0) is 19.6. The van der Waals surface area contributed by atoms with Gasteiger partial charge in [-0.3, -0.25) is 15.0 Å². The lowest BCUT2D eigenvalue weighted by molar-refractivity contribution is -0.140. The third kappa shape index (κ3) is 3.79. The van der Waals surface area contributed by atoms with Crippen LogP contribution in [0.15, 0.2) is 18.2 Å². The number of hydrazine groups is 1. The van der Waals surface area contributed by atoms with Crippen LogP contribution >= 0.6 is 0 Å². The van der Waals surface area contributed by atoms with Gasteiger partial charge in [0.1, 0.15) is 5.54 Å². The van der Waals surface area contributed by atoms with Crippen molar-refractivity contribution in [2.24, 2.45) is 0 Å². The number of carbonyl (C=O) groups is 4. The van der Waals surface area contributed by atoms with Gasteiger partial charge in [0.05, 0.1) is 5.56 Å². The summed E-state index contributed by atoms with van der Waals surface area (Å²) in [7, 11) is 0. The third-order valence-corrected chi connectivity index (χ3v) is 5.05. The molecule has 0 bridgehead atoms. The van der Waals surface area contributed by atoms with Gasteiger partial charge in [-0.2, -0.15) is 5.01 Å². The Morgan fingerprint density at radius 3 is 2.59 bits per heavy atom. The van der Waals surface area contributed by atoms with Crippen molar-refractivity contribution in [1.82, 2.24) is 15.8 Å². The fraction of sp³-hybridized carbons (Fsp3) is 0.474. The summed E-state index contributed by atoms with van der Waals surface area (Å²) in [4.78, 5) is 49.0. The highest BCUT2D eigenvalue weighted by Crippen LogP contribution is 2.32. The number of urea groups is 1. The number of nitrogens with one attached hydrogen (secondary N) is 2. The third-order valence-electron chi connectivity index (χ3n) is 5.05. The first kappa shape index (κ1) is 18.9. The lowest BCUT2D eigenvalue weighted by Gasteiger charge is -2.30. The van der Waals surface area contributed by atoms with E-state index in [0.29, 0.717) is 23.4 Å². The lowest BCUT2D eigenvalue weighted by Crippen LogP contribution is -2.51. The summed E-state index contributed by atoms with van der Waals surface area (Å²) in [6.07, 6.45) is 3.84. The monoisotopic (exact) mass is 373 g/mol. The van der Waals surface area contributed by atoms with Gasteiger partial charge < -0.3 is 10.1 Å². The second kappa shape index (κ2) is 7.38. The molecule has 1 saturated heterocycles. The van der Waals surface area contributed by atoms with Crippen LogP contribution in [0.3, 0.4) is 0 Å². The molecule has 1 aliphatic carbocycles. The van der Waals surface area contributed by atoms with Gasteiger partial charge in [-0.15, -0.1) is 0 Å². The van der Waals surface area contributed by atoms with E-state index in [-0.39, 0.29) is 0 Å². The van der Waals surface area contributed by atoms with E-state index in [1.54, 1.807) is 19.1 Å². The van der Waals surface area contributed by atoms with Crippen molar-refractivity contribution in [1.29, 1.82) is 0 Å². The average Bonchev–Trinajstić information content (AvgIpc) is 2.86. The van der Waals surface area contributed by atoms with E-state index in [0.717, 1.165) is 30.4 Å². The molecule has 1 aromatic carbocycles. The molecule has 2 fully saturated rings. The molecule has 8 heteroatoms. The van der Waals surface area contributed by atoms with E-state index in [1.165, 1.54) is 0 Å². The highest BCUT2D eigenvalue weighted by atomic mass is 16.5. The summed E-state index contributed by atoms with van der Waals surface area (Å²) in [6.45, 7) is 3.03. The fourth-order valence-electron chi connectivity index (χ4n) is 3.54. The number of amides is 4. The molecule has 0 radical (unpaired) electrons. The number of hydrogen-bond donors (Lipinski definition) is 2. The molecular weight excluding hydrogens is 350 g/mol. The molecule has 144 valence electrons. The Labute approximate surface area is 157 Å². The van der Waals surface area contributed by atoms with Gasteiger partial charge in [0.15, 0.2) is 6.61 Å². The number of hydrogen-bond acceptors (Lipinski definition) is 5. The number of benzene rings is 1. The Kier molecular flexibility index (Phi) is 5.16. The van der Waals surface area contributed by atoms with E-state index in [1.807, 2.05) is 13.0 Å². The largest absolute Gasteiger partial charge is 0.452 e. The molecule has 27 heavy (non-hydrogen) atoms. The smallest absolute Gasteiger partial charge is 0.344 e. The minimum absolute atomic E-state index is 0.374. The summed E-state index contributed by atoms with van der Waals surface area (Å²) in [6, 6.07) is 4.69. The normalized spacial score (nSPS) is 18.4. The van der Waals surface area contributed by atoms with Gasteiger partial charge in [0.25, 0.3) is 11.8 Å². The van der Waals surface area contributed by atoms with Crippen molar-refractivity contribution in [3.05, 3.63) is 34.9 Å². The molecular formula is C19H23N3O5. The number of ether oxygens (including phenoxy) is 1. The Morgan fingerprint density at radius 2 is 1.89 bits per heavy atom. The molecule has 4 amide bonds. The van der Waals surface area contributed by atoms with E-state index in [4.69, 9.17) is 4.74 Å². The number of esters is 1. The van der Waals surface area contributed by atoms with Crippen LogP contribution in [0.25, 0.3) is 0 Å². The van der Waals surface area contributed by atoms with E-state index in [2.05, 4.69) is 10.7 Å². The first-order chi connectivity index (χ1) is 12.8. The summed E-state index contributed by atoms with van der Waals surface area (Å²) < 4.78 is 5.02. The zero-order valence-corrected chi connectivity index (χ0v) is 15.5. The summed E-state index contributed by atoms with van der Waals surface area (Å²) in [5.41, 5.74) is 3.33. The van der Waals surface area contributed by atoms with Crippen LogP contribution in [0.1, 0.15) is 53.6 Å². The highest BCUT2D eigenvalue weighted by molar-refractivity contribution is 6.08. The summed E-state index contributed by atoms with van der Waals surface area (Å²) in [5, 5.41) is 3.39. The van der Waals surface area contributed by atoms with Crippen molar-refractivity contribution in [2.45, 2.75) is 51.5 Å². The van der Waals surface area contributed by atoms with E-state index in [9.17, 15) is 19.2 Å². The maximum Gasteiger partial charge on any atom is 0.344 e.